The summed E-state index contributed by atoms with van der Waals surface area (Å²) in [4.78, 5) is 12.9. The van der Waals surface area contributed by atoms with Crippen molar-refractivity contribution in [2.45, 2.75) is 31.8 Å². The zero-order chi connectivity index (χ0) is 18.6. The monoisotopic (exact) mass is 379 g/mol. The topological polar surface area (TPSA) is 88.1 Å². The van der Waals surface area contributed by atoms with Gasteiger partial charge in [-0.2, -0.15) is 10.3 Å². The second kappa shape index (κ2) is 7.79. The van der Waals surface area contributed by atoms with E-state index < -0.39 is 0 Å². The molecule has 0 saturated heterocycles. The van der Waals surface area contributed by atoms with E-state index in [9.17, 15) is 0 Å². The van der Waals surface area contributed by atoms with Crippen LogP contribution in [0, 0.1) is 6.92 Å². The van der Waals surface area contributed by atoms with E-state index in [0.29, 0.717) is 0 Å². The van der Waals surface area contributed by atoms with Crippen LogP contribution in [-0.2, 0) is 13.0 Å². The highest BCUT2D eigenvalue weighted by molar-refractivity contribution is 7.99. The fraction of sp³-hybridized carbons (Fsp3) is 0.263. The maximum atomic E-state index is 4.83. The van der Waals surface area contributed by atoms with Gasteiger partial charge in [-0.25, -0.2) is 9.97 Å². The average Bonchev–Trinajstić information content (AvgIpc) is 3.42. The first-order valence-electron chi connectivity index (χ1n) is 8.91. The minimum absolute atomic E-state index is 0.806. The number of hydrogen-bond acceptors (Lipinski definition) is 5. The Morgan fingerprint density at radius 3 is 2.70 bits per heavy atom. The molecule has 0 fully saturated rings. The van der Waals surface area contributed by atoms with Crippen LogP contribution in [0.15, 0.2) is 47.9 Å². The fourth-order valence-corrected chi connectivity index (χ4v) is 3.77. The van der Waals surface area contributed by atoms with Gasteiger partial charge in [0.15, 0.2) is 0 Å². The van der Waals surface area contributed by atoms with Gasteiger partial charge in [0.05, 0.1) is 23.9 Å². The van der Waals surface area contributed by atoms with Crippen LogP contribution in [0.5, 0.6) is 0 Å². The maximum absolute atomic E-state index is 4.83. The van der Waals surface area contributed by atoms with E-state index >= 15 is 0 Å². The molecule has 27 heavy (non-hydrogen) atoms. The maximum Gasteiger partial charge on any atom is 0.138 e. The largest absolute Gasteiger partial charge is 0.346 e. The van der Waals surface area contributed by atoms with Crippen LogP contribution < -0.4 is 0 Å². The Morgan fingerprint density at radius 1 is 1.15 bits per heavy atom. The summed E-state index contributed by atoms with van der Waals surface area (Å²) in [5.74, 6) is 1.86. The van der Waals surface area contributed by atoms with Crippen LogP contribution >= 0.6 is 11.8 Å². The Balaban J connectivity index is 1.70. The molecule has 3 aromatic heterocycles. The smallest absolute Gasteiger partial charge is 0.138 e. The standard InChI is InChI=1S/C19H21N7S/c1-3-15-22-13(2)17(23-15)19-18(14-7-5-4-6-8-14)20-12-26(19)9-10-27-16-11-21-25-24-16/h4-8,11-12H,3,9-10H2,1-2H3,(H,22,23)(H,21,24,25). The lowest BCUT2D eigenvalue weighted by Gasteiger charge is -2.09. The third-order valence-corrected chi connectivity index (χ3v) is 5.23. The molecule has 138 valence electrons. The highest BCUT2D eigenvalue weighted by Gasteiger charge is 2.19. The Hall–Kier alpha value is -2.87. The van der Waals surface area contributed by atoms with Crippen molar-refractivity contribution < 1.29 is 0 Å². The fourth-order valence-electron chi connectivity index (χ4n) is 3.04. The highest BCUT2D eigenvalue weighted by Crippen LogP contribution is 2.32. The van der Waals surface area contributed by atoms with Gasteiger partial charge in [0.25, 0.3) is 0 Å². The number of H-pyrrole nitrogens is 2. The van der Waals surface area contributed by atoms with E-state index in [-0.39, 0.29) is 0 Å². The molecular weight excluding hydrogens is 358 g/mol. The zero-order valence-electron chi connectivity index (χ0n) is 15.3. The Kier molecular flexibility index (Phi) is 5.06. The second-order valence-electron chi connectivity index (χ2n) is 6.17. The van der Waals surface area contributed by atoms with Crippen molar-refractivity contribution in [2.75, 3.05) is 5.75 Å². The summed E-state index contributed by atoms with van der Waals surface area (Å²) in [6.07, 6.45) is 4.51. The van der Waals surface area contributed by atoms with Crippen LogP contribution in [0.2, 0.25) is 0 Å². The molecule has 7 nitrogen and oxygen atoms in total. The number of aromatic nitrogens is 7. The van der Waals surface area contributed by atoms with E-state index in [1.165, 1.54) is 0 Å². The predicted molar refractivity (Wildman–Crippen MR) is 106 cm³/mol. The second-order valence-corrected chi connectivity index (χ2v) is 7.28. The van der Waals surface area contributed by atoms with Gasteiger partial charge in [-0.15, -0.1) is 16.9 Å². The molecular formula is C19H21N7S. The lowest BCUT2D eigenvalue weighted by atomic mass is 10.1. The summed E-state index contributed by atoms with van der Waals surface area (Å²) >= 11 is 1.66. The summed E-state index contributed by atoms with van der Waals surface area (Å²) in [5, 5.41) is 11.5. The average molecular weight is 379 g/mol. The third kappa shape index (κ3) is 3.66. The summed E-state index contributed by atoms with van der Waals surface area (Å²) in [7, 11) is 0. The van der Waals surface area contributed by atoms with E-state index in [1.807, 2.05) is 24.5 Å². The molecule has 0 aliphatic rings. The van der Waals surface area contributed by atoms with Gasteiger partial charge in [-0.1, -0.05) is 37.3 Å². The minimum Gasteiger partial charge on any atom is -0.346 e. The number of nitrogens with zero attached hydrogens (tertiary/aromatic N) is 5. The van der Waals surface area contributed by atoms with Crippen molar-refractivity contribution in [2.24, 2.45) is 0 Å². The van der Waals surface area contributed by atoms with E-state index in [0.717, 1.165) is 57.9 Å². The molecule has 8 heteroatoms. The normalized spacial score (nSPS) is 11.2. The molecule has 4 rings (SSSR count). The molecule has 0 atom stereocenters. The molecule has 0 spiro atoms. The van der Waals surface area contributed by atoms with Gasteiger partial charge in [-0.3, -0.25) is 0 Å². The number of nitrogens with one attached hydrogen (secondary N) is 2. The number of hydrogen-bond donors (Lipinski definition) is 2. The van der Waals surface area contributed by atoms with Crippen molar-refractivity contribution in [3.8, 4) is 22.6 Å². The molecule has 3 heterocycles. The van der Waals surface area contributed by atoms with Crippen LogP contribution in [0.4, 0.5) is 0 Å². The molecule has 1 aromatic carbocycles. The van der Waals surface area contributed by atoms with Gasteiger partial charge in [0, 0.05) is 30.0 Å². The van der Waals surface area contributed by atoms with Crippen LogP contribution in [0.1, 0.15) is 18.4 Å². The number of benzene rings is 1. The number of thioether (sulfide) groups is 1. The Bertz CT molecular complexity index is 1000. The van der Waals surface area contributed by atoms with Gasteiger partial charge >= 0.3 is 0 Å². The van der Waals surface area contributed by atoms with Gasteiger partial charge in [0.2, 0.25) is 0 Å². The van der Waals surface area contributed by atoms with Gasteiger partial charge in [-0.05, 0) is 6.92 Å². The summed E-state index contributed by atoms with van der Waals surface area (Å²) < 4.78 is 2.18. The van der Waals surface area contributed by atoms with E-state index in [2.05, 4.69) is 50.9 Å². The SMILES string of the molecule is CCc1nc(-c2c(-c3ccccc3)ncn2CCSc2cn[nH]n2)c(C)[nH]1. The summed E-state index contributed by atoms with van der Waals surface area (Å²) in [6.45, 7) is 4.98. The molecule has 4 aromatic rings. The van der Waals surface area contributed by atoms with Crippen LogP contribution in [-0.4, -0.2) is 40.7 Å². The number of aryl methyl sites for hydroxylation is 3. The first-order chi connectivity index (χ1) is 13.3. The van der Waals surface area contributed by atoms with E-state index in [4.69, 9.17) is 9.97 Å². The van der Waals surface area contributed by atoms with Crippen molar-refractivity contribution >= 4 is 11.8 Å². The molecule has 0 unspecified atom stereocenters. The van der Waals surface area contributed by atoms with Crippen molar-refractivity contribution in [1.29, 1.82) is 0 Å². The first kappa shape index (κ1) is 17.5. The molecule has 0 bridgehead atoms. The van der Waals surface area contributed by atoms with Crippen LogP contribution in [0.25, 0.3) is 22.6 Å². The molecule has 0 amide bonds. The Labute approximate surface area is 161 Å². The zero-order valence-corrected chi connectivity index (χ0v) is 16.1. The number of imidazole rings is 2. The van der Waals surface area contributed by atoms with Crippen molar-refractivity contribution in [3.63, 3.8) is 0 Å². The summed E-state index contributed by atoms with van der Waals surface area (Å²) in [5.41, 5.74) is 5.13. The highest BCUT2D eigenvalue weighted by atomic mass is 32.2. The predicted octanol–water partition coefficient (Wildman–Crippen LogP) is 3.72. The molecule has 2 N–H and O–H groups in total. The van der Waals surface area contributed by atoms with Crippen molar-refractivity contribution in [1.82, 2.24) is 34.9 Å². The first-order valence-corrected chi connectivity index (χ1v) is 9.89. The third-order valence-electron chi connectivity index (χ3n) is 4.35. The molecule has 0 aliphatic carbocycles. The number of aromatic amines is 2. The minimum atomic E-state index is 0.806. The Morgan fingerprint density at radius 2 is 2.00 bits per heavy atom. The van der Waals surface area contributed by atoms with Gasteiger partial charge in [0.1, 0.15) is 16.5 Å². The molecule has 0 aliphatic heterocycles. The molecule has 0 radical (unpaired) electrons. The lowest BCUT2D eigenvalue weighted by Crippen LogP contribution is -2.03. The van der Waals surface area contributed by atoms with Crippen molar-refractivity contribution in [3.05, 3.63) is 54.4 Å². The number of rotatable bonds is 7. The summed E-state index contributed by atoms with van der Waals surface area (Å²) in [6, 6.07) is 10.3. The molecule has 0 saturated carbocycles. The van der Waals surface area contributed by atoms with Crippen LogP contribution in [0.3, 0.4) is 0 Å². The lowest BCUT2D eigenvalue weighted by molar-refractivity contribution is 0.774. The van der Waals surface area contributed by atoms with E-state index in [1.54, 1.807) is 18.0 Å². The van der Waals surface area contributed by atoms with Gasteiger partial charge < -0.3 is 9.55 Å². The quantitative estimate of drug-likeness (QED) is 0.478.